The Labute approximate surface area is 218 Å². The number of likely N-dealkylation sites (tertiary alicyclic amines) is 1. The predicted molar refractivity (Wildman–Crippen MR) is 145 cm³/mol. The van der Waals surface area contributed by atoms with Gasteiger partial charge >= 0.3 is 0 Å². The minimum Gasteiger partial charge on any atom is -0.343 e. The predicted octanol–water partition coefficient (Wildman–Crippen LogP) is 4.40. The molecule has 7 heteroatoms. The van der Waals surface area contributed by atoms with Crippen LogP contribution in [0.4, 0.5) is 0 Å². The van der Waals surface area contributed by atoms with E-state index in [1.807, 2.05) is 30.9 Å². The highest BCUT2D eigenvalue weighted by atomic mass is 16.2. The molecule has 0 aliphatic carbocycles. The smallest absolute Gasteiger partial charge is 0.267 e. The van der Waals surface area contributed by atoms with Gasteiger partial charge in [0, 0.05) is 23.6 Å². The number of aromatic amines is 1. The van der Waals surface area contributed by atoms with E-state index in [1.54, 1.807) is 18.2 Å². The highest BCUT2D eigenvalue weighted by molar-refractivity contribution is 5.96. The Balaban J connectivity index is 1.45. The summed E-state index contributed by atoms with van der Waals surface area (Å²) in [5, 5.41) is 9.27. The molecule has 0 bridgehead atoms. The normalized spacial score (nSPS) is 17.3. The first-order chi connectivity index (χ1) is 17.6. The first-order valence-electron chi connectivity index (χ1n) is 12.9. The van der Waals surface area contributed by atoms with Crippen molar-refractivity contribution < 1.29 is 9.59 Å². The topological polar surface area (TPSA) is 95.2 Å². The van der Waals surface area contributed by atoms with Gasteiger partial charge in [0.15, 0.2) is 0 Å². The second-order valence-electron chi connectivity index (χ2n) is 10.5. The summed E-state index contributed by atoms with van der Waals surface area (Å²) in [4.78, 5) is 40.5. The standard InChI is InChI=1S/C30H36N4O3/c1-18(2)26-11-12-27(23-8-6-7-19(3)13-23)34(26)28(35)17-31-29(36)24-10-9-22(20(4)14-24)16-25-15-21(5)32-33-30(25)37/h6-10,13-15,18,26-27H,11-12,16-17H2,1-5H3,(H,31,36)(H,33,37)/t26-,27?/m1/s1. The summed E-state index contributed by atoms with van der Waals surface area (Å²) >= 11 is 0. The zero-order chi connectivity index (χ0) is 26.7. The lowest BCUT2D eigenvalue weighted by Crippen LogP contribution is -2.45. The van der Waals surface area contributed by atoms with Crippen LogP contribution in [0.25, 0.3) is 0 Å². The van der Waals surface area contributed by atoms with Crippen LogP contribution in [0.2, 0.25) is 0 Å². The number of hydrogen-bond donors (Lipinski definition) is 2. The van der Waals surface area contributed by atoms with E-state index in [0.717, 1.165) is 35.2 Å². The minimum absolute atomic E-state index is 0.0261. The number of amides is 2. The maximum atomic E-state index is 13.4. The summed E-state index contributed by atoms with van der Waals surface area (Å²) in [5.74, 6) is -0.00856. The quantitative estimate of drug-likeness (QED) is 0.503. The molecule has 1 aliphatic heterocycles. The number of benzene rings is 2. The van der Waals surface area contributed by atoms with Crippen LogP contribution in [0.5, 0.6) is 0 Å². The van der Waals surface area contributed by atoms with Gasteiger partial charge in [-0.1, -0.05) is 49.7 Å². The number of aromatic nitrogens is 2. The second kappa shape index (κ2) is 11.1. The van der Waals surface area contributed by atoms with E-state index in [-0.39, 0.29) is 36.0 Å². The SMILES string of the molecule is Cc1cccc(C2CC[C@H](C(C)C)N2C(=O)CNC(=O)c2ccc(Cc3cc(C)n[nH]c3=O)c(C)c2)c1. The Bertz CT molecular complexity index is 1360. The van der Waals surface area contributed by atoms with Crippen LogP contribution in [0.15, 0.2) is 53.3 Å². The van der Waals surface area contributed by atoms with Crippen molar-refractivity contribution in [2.75, 3.05) is 6.54 Å². The van der Waals surface area contributed by atoms with Crippen molar-refractivity contribution in [1.29, 1.82) is 0 Å². The molecular weight excluding hydrogens is 464 g/mol. The number of nitrogens with zero attached hydrogens (tertiary/aromatic N) is 2. The average molecular weight is 501 g/mol. The maximum absolute atomic E-state index is 13.4. The van der Waals surface area contributed by atoms with Crippen LogP contribution in [0, 0.1) is 26.7 Å². The Morgan fingerprint density at radius 3 is 2.54 bits per heavy atom. The number of hydrogen-bond acceptors (Lipinski definition) is 4. The highest BCUT2D eigenvalue weighted by Crippen LogP contribution is 2.39. The van der Waals surface area contributed by atoms with Gasteiger partial charge in [0.25, 0.3) is 11.5 Å². The van der Waals surface area contributed by atoms with E-state index in [1.165, 1.54) is 5.56 Å². The van der Waals surface area contributed by atoms with Gasteiger partial charge in [0.05, 0.1) is 18.3 Å². The van der Waals surface area contributed by atoms with Gasteiger partial charge in [-0.2, -0.15) is 5.10 Å². The molecule has 2 amide bonds. The van der Waals surface area contributed by atoms with E-state index >= 15 is 0 Å². The molecule has 0 saturated carbocycles. The van der Waals surface area contributed by atoms with E-state index in [4.69, 9.17) is 0 Å². The lowest BCUT2D eigenvalue weighted by atomic mass is 9.99. The third kappa shape index (κ3) is 5.98. The first kappa shape index (κ1) is 26.3. The molecule has 7 nitrogen and oxygen atoms in total. The maximum Gasteiger partial charge on any atom is 0.267 e. The molecule has 2 atom stereocenters. The van der Waals surface area contributed by atoms with Crippen LogP contribution in [0.1, 0.15) is 76.6 Å². The number of nitrogens with one attached hydrogen (secondary N) is 2. The van der Waals surface area contributed by atoms with Crippen LogP contribution >= 0.6 is 0 Å². The number of rotatable bonds is 7. The Morgan fingerprint density at radius 2 is 1.84 bits per heavy atom. The van der Waals surface area contributed by atoms with Crippen molar-refractivity contribution in [2.24, 2.45) is 5.92 Å². The van der Waals surface area contributed by atoms with Gasteiger partial charge in [-0.25, -0.2) is 5.10 Å². The number of carbonyl (C=O) groups excluding carboxylic acids is 2. The fourth-order valence-electron chi connectivity index (χ4n) is 5.34. The number of H-pyrrole nitrogens is 1. The molecule has 2 aromatic carbocycles. The van der Waals surface area contributed by atoms with E-state index < -0.39 is 0 Å². The molecule has 1 aromatic heterocycles. The summed E-state index contributed by atoms with van der Waals surface area (Å²) in [5.41, 5.74) is 5.85. The molecule has 0 radical (unpaired) electrons. The molecule has 1 unspecified atom stereocenters. The Hall–Kier alpha value is -3.74. The summed E-state index contributed by atoms with van der Waals surface area (Å²) in [6.07, 6.45) is 2.33. The van der Waals surface area contributed by atoms with Crippen molar-refractivity contribution in [3.63, 3.8) is 0 Å². The van der Waals surface area contributed by atoms with E-state index in [0.29, 0.717) is 23.5 Å². The summed E-state index contributed by atoms with van der Waals surface area (Å²) in [6.45, 7) is 10.1. The molecule has 37 heavy (non-hydrogen) atoms. The zero-order valence-corrected chi connectivity index (χ0v) is 22.3. The van der Waals surface area contributed by atoms with Crippen LogP contribution in [-0.4, -0.2) is 39.5 Å². The molecular formula is C30H36N4O3. The van der Waals surface area contributed by atoms with Gasteiger partial charge < -0.3 is 10.2 Å². The van der Waals surface area contributed by atoms with Crippen molar-refractivity contribution in [1.82, 2.24) is 20.4 Å². The first-order valence-corrected chi connectivity index (χ1v) is 12.9. The van der Waals surface area contributed by atoms with E-state index in [9.17, 15) is 14.4 Å². The van der Waals surface area contributed by atoms with Gasteiger partial charge in [0.1, 0.15) is 0 Å². The molecule has 1 fully saturated rings. The van der Waals surface area contributed by atoms with Crippen LogP contribution in [0.3, 0.4) is 0 Å². The van der Waals surface area contributed by atoms with E-state index in [2.05, 4.69) is 54.5 Å². The van der Waals surface area contributed by atoms with Crippen molar-refractivity contribution >= 4 is 11.8 Å². The lowest BCUT2D eigenvalue weighted by molar-refractivity contribution is -0.134. The third-order valence-corrected chi connectivity index (χ3v) is 7.31. The van der Waals surface area contributed by atoms with Crippen molar-refractivity contribution in [3.05, 3.63) is 98.0 Å². The van der Waals surface area contributed by atoms with Crippen LogP contribution in [-0.2, 0) is 11.2 Å². The number of aryl methyl sites for hydroxylation is 3. The summed E-state index contributed by atoms with van der Waals surface area (Å²) in [7, 11) is 0. The Kier molecular flexibility index (Phi) is 7.91. The average Bonchev–Trinajstić information content (AvgIpc) is 3.31. The highest BCUT2D eigenvalue weighted by Gasteiger charge is 2.39. The lowest BCUT2D eigenvalue weighted by Gasteiger charge is -2.33. The van der Waals surface area contributed by atoms with Gasteiger partial charge in [-0.3, -0.25) is 14.4 Å². The second-order valence-corrected chi connectivity index (χ2v) is 10.5. The van der Waals surface area contributed by atoms with Gasteiger partial charge in [-0.05, 0) is 74.4 Å². The van der Waals surface area contributed by atoms with Crippen molar-refractivity contribution in [2.45, 2.75) is 66.0 Å². The van der Waals surface area contributed by atoms with Gasteiger partial charge in [0.2, 0.25) is 5.91 Å². The molecule has 3 aromatic rings. The molecule has 0 spiro atoms. The third-order valence-electron chi connectivity index (χ3n) is 7.31. The molecule has 1 saturated heterocycles. The molecule has 2 N–H and O–H groups in total. The van der Waals surface area contributed by atoms with Gasteiger partial charge in [-0.15, -0.1) is 0 Å². The minimum atomic E-state index is -0.284. The number of carbonyl (C=O) groups is 2. The van der Waals surface area contributed by atoms with Crippen LogP contribution < -0.4 is 10.9 Å². The molecule has 194 valence electrons. The molecule has 4 rings (SSSR count). The zero-order valence-electron chi connectivity index (χ0n) is 22.3. The van der Waals surface area contributed by atoms with Crippen molar-refractivity contribution in [3.8, 4) is 0 Å². The fourth-order valence-corrected chi connectivity index (χ4v) is 5.34. The summed E-state index contributed by atoms with van der Waals surface area (Å²) < 4.78 is 0. The Morgan fingerprint density at radius 1 is 1.05 bits per heavy atom. The summed E-state index contributed by atoms with van der Waals surface area (Å²) in [6, 6.07) is 15.7. The fraction of sp³-hybridized carbons (Fsp3) is 0.400. The molecule has 2 heterocycles. The molecule has 1 aliphatic rings. The largest absolute Gasteiger partial charge is 0.343 e. The monoisotopic (exact) mass is 500 g/mol.